The Hall–Kier alpha value is -3.31. The molecular formula is C24H23ClF3N5O3. The topological polar surface area (TPSA) is 92.5 Å². The lowest BCUT2D eigenvalue weighted by Gasteiger charge is -2.31. The van der Waals surface area contributed by atoms with E-state index >= 15 is 0 Å². The van der Waals surface area contributed by atoms with Gasteiger partial charge >= 0.3 is 12.2 Å². The van der Waals surface area contributed by atoms with Crippen molar-refractivity contribution in [2.45, 2.75) is 43.8 Å². The van der Waals surface area contributed by atoms with Gasteiger partial charge in [-0.15, -0.1) is 10.2 Å². The smallest absolute Gasteiger partial charge is 0.416 e. The monoisotopic (exact) mass is 521 g/mol. The molecule has 0 radical (unpaired) electrons. The Morgan fingerprint density at radius 3 is 2.75 bits per heavy atom. The largest absolute Gasteiger partial charge is 0.493 e. The van der Waals surface area contributed by atoms with E-state index in [2.05, 4.69) is 15.5 Å². The summed E-state index contributed by atoms with van der Waals surface area (Å²) < 4.78 is 46.5. The van der Waals surface area contributed by atoms with Gasteiger partial charge in [0.2, 0.25) is 0 Å². The lowest BCUT2D eigenvalue weighted by atomic mass is 9.98. The van der Waals surface area contributed by atoms with E-state index in [0.29, 0.717) is 29.4 Å². The zero-order valence-corrected chi connectivity index (χ0v) is 19.7. The van der Waals surface area contributed by atoms with Gasteiger partial charge in [0.25, 0.3) is 0 Å². The summed E-state index contributed by atoms with van der Waals surface area (Å²) in [4.78, 5) is 14.8. The molecule has 1 saturated heterocycles. The molecule has 5 rings (SSSR count). The number of urea groups is 1. The van der Waals surface area contributed by atoms with Gasteiger partial charge in [0.05, 0.1) is 36.9 Å². The number of hydrogen-bond donors (Lipinski definition) is 2. The lowest BCUT2D eigenvalue weighted by Crippen LogP contribution is -2.43. The number of aliphatic hydroxyl groups excluding tert-OH is 1. The number of rotatable bonds is 4. The van der Waals surface area contributed by atoms with Crippen LogP contribution in [-0.2, 0) is 12.7 Å². The minimum absolute atomic E-state index is 0.0907. The average molecular weight is 522 g/mol. The molecule has 0 unspecified atom stereocenters. The first-order valence-corrected chi connectivity index (χ1v) is 11.8. The molecule has 0 bridgehead atoms. The van der Waals surface area contributed by atoms with Crippen LogP contribution in [0.1, 0.15) is 47.4 Å². The predicted molar refractivity (Wildman–Crippen MR) is 123 cm³/mol. The maximum Gasteiger partial charge on any atom is 0.416 e. The zero-order chi connectivity index (χ0) is 25.4. The summed E-state index contributed by atoms with van der Waals surface area (Å²) in [6, 6.07) is 9.09. The highest BCUT2D eigenvalue weighted by atomic mass is 35.5. The highest BCUT2D eigenvalue weighted by Crippen LogP contribution is 2.38. The van der Waals surface area contributed by atoms with Gasteiger partial charge in [-0.05, 0) is 29.8 Å². The molecule has 190 valence electrons. The van der Waals surface area contributed by atoms with Crippen molar-refractivity contribution in [2.75, 3.05) is 13.2 Å². The van der Waals surface area contributed by atoms with E-state index in [9.17, 15) is 23.1 Å². The molecule has 3 heterocycles. The number of amides is 2. The van der Waals surface area contributed by atoms with Gasteiger partial charge in [0.1, 0.15) is 12.1 Å². The summed E-state index contributed by atoms with van der Waals surface area (Å²) in [6.45, 7) is 0.713. The standard InChI is InChI=1S/C24H23ClF3N5O3/c25-16-4-1-14(2-5-16)11-32-13-29-31-22(32)20-10-17(34)12-33(20)23(35)30-19-7-8-36-21-9-15(24(26,27)28)3-6-18(19)21/h1-6,9,13,17,19-20,34H,7-8,10-12H2,(H,30,35)/t17-,19+,20-/m1/s1. The van der Waals surface area contributed by atoms with Gasteiger partial charge in [0, 0.05) is 30.0 Å². The van der Waals surface area contributed by atoms with Gasteiger partial charge < -0.3 is 24.6 Å². The Bertz CT molecular complexity index is 1250. The van der Waals surface area contributed by atoms with E-state index in [4.69, 9.17) is 16.3 Å². The van der Waals surface area contributed by atoms with E-state index in [-0.39, 0.29) is 25.3 Å². The summed E-state index contributed by atoms with van der Waals surface area (Å²) in [5.74, 6) is 0.626. The van der Waals surface area contributed by atoms with Gasteiger partial charge in [-0.3, -0.25) is 0 Å². The Labute approximate surface area is 209 Å². The van der Waals surface area contributed by atoms with Gasteiger partial charge in [-0.2, -0.15) is 13.2 Å². The number of nitrogens with one attached hydrogen (secondary N) is 1. The molecule has 1 aromatic heterocycles. The van der Waals surface area contributed by atoms with Crippen molar-refractivity contribution in [2.24, 2.45) is 0 Å². The maximum absolute atomic E-state index is 13.3. The molecule has 2 aliphatic heterocycles. The first kappa shape index (κ1) is 24.4. The molecule has 12 heteroatoms. The molecule has 0 spiro atoms. The molecule has 2 aliphatic rings. The molecule has 3 atom stereocenters. The fourth-order valence-corrected chi connectivity index (χ4v) is 4.79. The van der Waals surface area contributed by atoms with Crippen LogP contribution in [0.3, 0.4) is 0 Å². The summed E-state index contributed by atoms with van der Waals surface area (Å²) in [7, 11) is 0. The molecule has 2 amide bonds. The molecule has 0 saturated carbocycles. The second-order valence-electron chi connectivity index (χ2n) is 8.89. The fourth-order valence-electron chi connectivity index (χ4n) is 4.66. The fraction of sp³-hybridized carbons (Fsp3) is 0.375. The predicted octanol–water partition coefficient (Wildman–Crippen LogP) is 4.34. The summed E-state index contributed by atoms with van der Waals surface area (Å²) in [5.41, 5.74) is 0.632. The molecule has 8 nitrogen and oxygen atoms in total. The van der Waals surface area contributed by atoms with Crippen molar-refractivity contribution in [1.29, 1.82) is 0 Å². The van der Waals surface area contributed by atoms with E-state index in [1.54, 1.807) is 18.5 Å². The lowest BCUT2D eigenvalue weighted by molar-refractivity contribution is -0.137. The van der Waals surface area contributed by atoms with Gasteiger partial charge in [-0.25, -0.2) is 4.79 Å². The van der Waals surface area contributed by atoms with Gasteiger partial charge in [0.15, 0.2) is 5.82 Å². The Kier molecular flexibility index (Phi) is 6.52. The third-order valence-corrected chi connectivity index (χ3v) is 6.68. The second-order valence-corrected chi connectivity index (χ2v) is 9.33. The van der Waals surface area contributed by atoms with Crippen LogP contribution in [0.2, 0.25) is 5.02 Å². The number of fused-ring (bicyclic) bond motifs is 1. The number of benzene rings is 2. The number of carbonyl (C=O) groups is 1. The quantitative estimate of drug-likeness (QED) is 0.533. The third kappa shape index (κ3) is 4.98. The first-order valence-electron chi connectivity index (χ1n) is 11.4. The molecule has 3 aromatic rings. The van der Waals surface area contributed by atoms with Crippen molar-refractivity contribution in [3.63, 3.8) is 0 Å². The highest BCUT2D eigenvalue weighted by Gasteiger charge is 2.40. The number of ether oxygens (including phenoxy) is 1. The second kappa shape index (κ2) is 9.62. The van der Waals surface area contributed by atoms with E-state index < -0.39 is 36.0 Å². The van der Waals surface area contributed by atoms with Crippen LogP contribution < -0.4 is 10.1 Å². The third-order valence-electron chi connectivity index (χ3n) is 6.43. The van der Waals surface area contributed by atoms with Crippen LogP contribution in [0.5, 0.6) is 5.75 Å². The van der Waals surface area contributed by atoms with E-state index in [0.717, 1.165) is 17.7 Å². The van der Waals surface area contributed by atoms with E-state index in [1.807, 2.05) is 16.7 Å². The molecule has 0 aliphatic carbocycles. The Balaban J connectivity index is 1.34. The number of alkyl halides is 3. The van der Waals surface area contributed by atoms with Crippen LogP contribution in [-0.4, -0.2) is 50.1 Å². The highest BCUT2D eigenvalue weighted by molar-refractivity contribution is 6.30. The van der Waals surface area contributed by atoms with Crippen molar-refractivity contribution in [3.05, 3.63) is 76.3 Å². The number of β-amino-alcohol motifs (C(OH)–C–C–N with tert-alkyl or cyclic N) is 1. The van der Waals surface area contributed by atoms with E-state index in [1.165, 1.54) is 11.0 Å². The van der Waals surface area contributed by atoms with Crippen LogP contribution >= 0.6 is 11.6 Å². The van der Waals surface area contributed by atoms with Crippen LogP contribution in [0, 0.1) is 0 Å². The average Bonchev–Trinajstić information content (AvgIpc) is 3.46. The summed E-state index contributed by atoms with van der Waals surface area (Å²) >= 11 is 5.97. The number of likely N-dealkylation sites (tertiary alicyclic amines) is 1. The van der Waals surface area contributed by atoms with Crippen molar-refractivity contribution in [3.8, 4) is 5.75 Å². The number of halogens is 4. The van der Waals surface area contributed by atoms with Crippen molar-refractivity contribution < 1.29 is 27.8 Å². The van der Waals surface area contributed by atoms with Gasteiger partial charge in [-0.1, -0.05) is 29.8 Å². The SMILES string of the molecule is O=C(N[C@H]1CCOc2cc(C(F)(F)F)ccc21)N1C[C@H](O)C[C@@H]1c1nncn1Cc1ccc(Cl)cc1. The molecule has 1 fully saturated rings. The molecule has 2 aromatic carbocycles. The normalized spacial score (nSPS) is 21.7. The van der Waals surface area contributed by atoms with Crippen LogP contribution in [0.4, 0.5) is 18.0 Å². The maximum atomic E-state index is 13.3. The summed E-state index contributed by atoms with van der Waals surface area (Å²) in [5, 5.41) is 22.1. The molecular weight excluding hydrogens is 499 g/mol. The number of carbonyl (C=O) groups excluding carboxylic acids is 1. The van der Waals surface area contributed by atoms with Crippen molar-refractivity contribution >= 4 is 17.6 Å². The molecule has 36 heavy (non-hydrogen) atoms. The van der Waals surface area contributed by atoms with Crippen LogP contribution in [0.25, 0.3) is 0 Å². The zero-order valence-electron chi connectivity index (χ0n) is 19.0. The molecule has 2 N–H and O–H groups in total. The van der Waals surface area contributed by atoms with Crippen LogP contribution in [0.15, 0.2) is 48.8 Å². The summed E-state index contributed by atoms with van der Waals surface area (Å²) in [6.07, 6.45) is -2.99. The Morgan fingerprint density at radius 1 is 1.22 bits per heavy atom. The minimum atomic E-state index is -4.49. The number of nitrogens with zero attached hydrogens (tertiary/aromatic N) is 4. The number of aliphatic hydroxyl groups is 1. The number of hydrogen-bond acceptors (Lipinski definition) is 5. The first-order chi connectivity index (χ1) is 17.2. The van der Waals surface area contributed by atoms with Crippen molar-refractivity contribution in [1.82, 2.24) is 25.0 Å². The Morgan fingerprint density at radius 2 is 2.00 bits per heavy atom. The number of aromatic nitrogens is 3. The minimum Gasteiger partial charge on any atom is -0.493 e.